The van der Waals surface area contributed by atoms with Crippen LogP contribution in [0.3, 0.4) is 0 Å². The Morgan fingerprint density at radius 3 is 2.12 bits per heavy atom. The van der Waals surface area contributed by atoms with E-state index in [1.165, 1.54) is 10.8 Å². The predicted molar refractivity (Wildman–Crippen MR) is 192 cm³/mol. The van der Waals surface area contributed by atoms with E-state index in [-0.39, 0.29) is 12.0 Å². The Balaban J connectivity index is 1.21. The van der Waals surface area contributed by atoms with Gasteiger partial charge in [-0.05, 0) is 70.4 Å². The van der Waals surface area contributed by atoms with Crippen LogP contribution in [0.2, 0.25) is 0 Å². The van der Waals surface area contributed by atoms with Crippen molar-refractivity contribution in [3.63, 3.8) is 0 Å². The molecule has 0 saturated carbocycles. The fourth-order valence-corrected chi connectivity index (χ4v) is 7.10. The van der Waals surface area contributed by atoms with Gasteiger partial charge in [-0.3, -0.25) is 0 Å². The molecule has 226 valence electrons. The molecule has 2 aromatic heterocycles. The molecule has 48 heavy (non-hydrogen) atoms. The average molecular weight is 618 g/mol. The minimum absolute atomic E-state index is 0.0553. The lowest BCUT2D eigenvalue weighted by Gasteiger charge is -2.17. The van der Waals surface area contributed by atoms with Gasteiger partial charge in [-0.1, -0.05) is 103 Å². The van der Waals surface area contributed by atoms with Crippen molar-refractivity contribution in [1.82, 2.24) is 15.0 Å². The van der Waals surface area contributed by atoms with Crippen molar-refractivity contribution < 1.29 is 9.15 Å². The van der Waals surface area contributed by atoms with Gasteiger partial charge in [-0.25, -0.2) is 15.0 Å². The Morgan fingerprint density at radius 1 is 0.479 bits per heavy atom. The van der Waals surface area contributed by atoms with E-state index in [9.17, 15) is 0 Å². The van der Waals surface area contributed by atoms with E-state index >= 15 is 0 Å². The highest BCUT2D eigenvalue weighted by atomic mass is 16.5. The zero-order valence-corrected chi connectivity index (χ0v) is 25.7. The SMILES string of the molecule is C1=CC2Oc3cc(-c4ccc5ccccc5c4)cc(-c4nc(-c5ccccc5)nc(-c5ccc6oc7ccccc7c6c5)n4)c3C2C=C1. The van der Waals surface area contributed by atoms with Gasteiger partial charge in [-0.15, -0.1) is 0 Å². The highest BCUT2D eigenvalue weighted by Crippen LogP contribution is 2.48. The maximum Gasteiger partial charge on any atom is 0.164 e. The molecule has 5 heteroatoms. The van der Waals surface area contributed by atoms with Gasteiger partial charge in [0.25, 0.3) is 0 Å². The topological polar surface area (TPSA) is 61.0 Å². The fraction of sp³-hybridized carbons (Fsp3) is 0.0465. The van der Waals surface area contributed by atoms with Crippen LogP contribution in [-0.2, 0) is 0 Å². The Hall–Kier alpha value is -6.33. The maximum absolute atomic E-state index is 6.61. The first-order valence-corrected chi connectivity index (χ1v) is 16.2. The Labute approximate surface area is 276 Å². The number of nitrogens with zero attached hydrogens (tertiary/aromatic N) is 3. The predicted octanol–water partition coefficient (Wildman–Crippen LogP) is 10.6. The molecule has 0 radical (unpaired) electrons. The number of fused-ring (bicyclic) bond motifs is 7. The summed E-state index contributed by atoms with van der Waals surface area (Å²) in [5, 5.41) is 4.49. The summed E-state index contributed by atoms with van der Waals surface area (Å²) in [4.78, 5) is 15.4. The average Bonchev–Trinajstić information content (AvgIpc) is 3.72. The van der Waals surface area contributed by atoms with Crippen molar-refractivity contribution in [2.24, 2.45) is 0 Å². The monoisotopic (exact) mass is 617 g/mol. The fourth-order valence-electron chi connectivity index (χ4n) is 7.10. The molecule has 8 aromatic rings. The van der Waals surface area contributed by atoms with Gasteiger partial charge in [0.1, 0.15) is 23.0 Å². The minimum Gasteiger partial charge on any atom is -0.485 e. The smallest absolute Gasteiger partial charge is 0.164 e. The lowest BCUT2D eigenvalue weighted by Crippen LogP contribution is -2.16. The summed E-state index contributed by atoms with van der Waals surface area (Å²) < 4.78 is 12.7. The molecular weight excluding hydrogens is 590 g/mol. The lowest BCUT2D eigenvalue weighted by molar-refractivity contribution is 0.269. The summed E-state index contributed by atoms with van der Waals surface area (Å²) in [7, 11) is 0. The number of hydrogen-bond acceptors (Lipinski definition) is 5. The van der Waals surface area contributed by atoms with Crippen LogP contribution in [0.15, 0.2) is 156 Å². The molecule has 2 aliphatic rings. The first-order chi connectivity index (χ1) is 23.7. The van der Waals surface area contributed by atoms with Gasteiger partial charge in [0, 0.05) is 38.9 Å². The van der Waals surface area contributed by atoms with Gasteiger partial charge in [0.2, 0.25) is 0 Å². The van der Waals surface area contributed by atoms with Crippen molar-refractivity contribution in [2.75, 3.05) is 0 Å². The molecule has 0 fully saturated rings. The van der Waals surface area contributed by atoms with Gasteiger partial charge in [0.15, 0.2) is 17.5 Å². The molecule has 10 rings (SSSR count). The van der Waals surface area contributed by atoms with Crippen LogP contribution in [0.1, 0.15) is 11.5 Å². The quantitative estimate of drug-likeness (QED) is 0.197. The second kappa shape index (κ2) is 10.6. The summed E-state index contributed by atoms with van der Waals surface area (Å²) in [5.74, 6) is 2.75. The number of furan rings is 1. The number of allylic oxidation sites excluding steroid dienone is 2. The molecule has 2 unspecified atom stereocenters. The molecule has 1 aliphatic heterocycles. The van der Waals surface area contributed by atoms with Crippen molar-refractivity contribution in [1.29, 1.82) is 0 Å². The van der Waals surface area contributed by atoms with E-state index in [4.69, 9.17) is 24.1 Å². The third kappa shape index (κ3) is 4.36. The van der Waals surface area contributed by atoms with Crippen LogP contribution in [0.4, 0.5) is 0 Å². The normalized spacial score (nSPS) is 16.3. The summed E-state index contributed by atoms with van der Waals surface area (Å²) in [6, 6.07) is 43.8. The van der Waals surface area contributed by atoms with Gasteiger partial charge in [0.05, 0.1) is 0 Å². The molecule has 0 bridgehead atoms. The number of ether oxygens (including phenoxy) is 1. The van der Waals surface area contributed by atoms with Crippen LogP contribution in [0.5, 0.6) is 5.75 Å². The Morgan fingerprint density at radius 2 is 1.21 bits per heavy atom. The Bertz CT molecular complexity index is 2620. The largest absolute Gasteiger partial charge is 0.485 e. The second-order valence-corrected chi connectivity index (χ2v) is 12.4. The molecule has 2 atom stereocenters. The molecule has 0 saturated heterocycles. The molecule has 6 aromatic carbocycles. The van der Waals surface area contributed by atoms with E-state index in [2.05, 4.69) is 91.0 Å². The molecule has 5 nitrogen and oxygen atoms in total. The van der Waals surface area contributed by atoms with Gasteiger partial charge >= 0.3 is 0 Å². The standard InChI is InChI=1S/C43H27N3O2/c1-2-11-27(12-3-1)41-44-42(30-20-21-38-34(23-30)32-14-6-8-16-36(32)47-38)46-43(45-41)35-24-31(29-19-18-26-10-4-5-13-28(26)22-29)25-39-40(35)33-15-7-9-17-37(33)48-39/h1-25,33,37H. The highest BCUT2D eigenvalue weighted by molar-refractivity contribution is 6.06. The maximum atomic E-state index is 6.61. The van der Waals surface area contributed by atoms with Crippen molar-refractivity contribution in [3.8, 4) is 51.0 Å². The van der Waals surface area contributed by atoms with Crippen molar-refractivity contribution in [3.05, 3.63) is 157 Å². The highest BCUT2D eigenvalue weighted by Gasteiger charge is 2.36. The first kappa shape index (κ1) is 26.8. The second-order valence-electron chi connectivity index (χ2n) is 12.4. The summed E-state index contributed by atoms with van der Waals surface area (Å²) in [5.41, 5.74) is 7.71. The van der Waals surface area contributed by atoms with Crippen LogP contribution < -0.4 is 4.74 Å². The van der Waals surface area contributed by atoms with Crippen molar-refractivity contribution in [2.45, 2.75) is 12.0 Å². The van der Waals surface area contributed by atoms with Gasteiger partial charge < -0.3 is 9.15 Å². The molecular formula is C43H27N3O2. The molecule has 0 spiro atoms. The molecule has 3 heterocycles. The molecule has 1 aliphatic carbocycles. The zero-order chi connectivity index (χ0) is 31.6. The van der Waals surface area contributed by atoms with Crippen molar-refractivity contribution >= 4 is 32.7 Å². The molecule has 0 N–H and O–H groups in total. The number of aromatic nitrogens is 3. The number of para-hydroxylation sites is 1. The third-order valence-corrected chi connectivity index (χ3v) is 9.45. The minimum atomic E-state index is -0.0812. The summed E-state index contributed by atoms with van der Waals surface area (Å²) in [6.07, 6.45) is 8.42. The Kier molecular flexibility index (Phi) is 5.93. The molecule has 0 amide bonds. The van der Waals surface area contributed by atoms with E-state index in [1.807, 2.05) is 60.7 Å². The number of rotatable bonds is 4. The van der Waals surface area contributed by atoms with Gasteiger partial charge in [-0.2, -0.15) is 0 Å². The lowest BCUT2D eigenvalue weighted by atomic mass is 9.86. The third-order valence-electron chi connectivity index (χ3n) is 9.45. The summed E-state index contributed by atoms with van der Waals surface area (Å²) in [6.45, 7) is 0. The first-order valence-electron chi connectivity index (χ1n) is 16.2. The van der Waals surface area contributed by atoms with Crippen LogP contribution in [0.25, 0.3) is 78.0 Å². The van der Waals surface area contributed by atoms with Crippen LogP contribution in [0, 0.1) is 0 Å². The van der Waals surface area contributed by atoms with Crippen LogP contribution in [-0.4, -0.2) is 21.1 Å². The van der Waals surface area contributed by atoms with E-state index in [0.717, 1.165) is 61.1 Å². The van der Waals surface area contributed by atoms with Crippen LogP contribution >= 0.6 is 0 Å². The van der Waals surface area contributed by atoms with E-state index in [1.54, 1.807) is 0 Å². The van der Waals surface area contributed by atoms with E-state index in [0.29, 0.717) is 17.5 Å². The number of benzene rings is 6. The number of hydrogen-bond donors (Lipinski definition) is 0. The van der Waals surface area contributed by atoms with E-state index < -0.39 is 0 Å². The zero-order valence-electron chi connectivity index (χ0n) is 25.7. The summed E-state index contributed by atoms with van der Waals surface area (Å²) >= 11 is 0.